The van der Waals surface area contributed by atoms with Gasteiger partial charge >= 0.3 is 6.03 Å². The van der Waals surface area contributed by atoms with E-state index in [0.717, 1.165) is 11.1 Å². The Kier molecular flexibility index (Phi) is 5.20. The van der Waals surface area contributed by atoms with E-state index >= 15 is 0 Å². The topological polar surface area (TPSA) is 97.0 Å². The van der Waals surface area contributed by atoms with Crippen molar-refractivity contribution in [3.8, 4) is 11.5 Å². The number of carbonyl (C=O) groups excluding carboxylic acids is 1. The van der Waals surface area contributed by atoms with Crippen molar-refractivity contribution in [3.05, 3.63) is 77.9 Å². The molecule has 0 atom stereocenters. The number of nitrogens with one attached hydrogen (secondary N) is 2. The molecule has 0 aliphatic carbocycles. The fourth-order valence-corrected chi connectivity index (χ4v) is 5.26. The first-order valence-electron chi connectivity index (χ1n) is 10.1. The lowest BCUT2D eigenvalue weighted by molar-refractivity contribution is 0.174. The smallest absolute Gasteiger partial charge is 0.323 e. The minimum Gasteiger partial charge on any atom is -0.454 e. The molecular weight excluding hydrogens is 430 g/mol. The lowest BCUT2D eigenvalue weighted by atomic mass is 10.0. The van der Waals surface area contributed by atoms with Crippen LogP contribution in [0.4, 0.5) is 16.2 Å². The van der Waals surface area contributed by atoms with Crippen molar-refractivity contribution in [3.63, 3.8) is 0 Å². The van der Waals surface area contributed by atoms with Crippen molar-refractivity contribution in [2.24, 2.45) is 0 Å². The SMILES string of the molecule is O=C(Nc1ccc2c(c1)CN(S(=O)(=O)c1ccccc1)CC2)Nc1ccc2c(c1)OCO2. The monoisotopic (exact) mass is 451 g/mol. The van der Waals surface area contributed by atoms with Crippen LogP contribution < -0.4 is 20.1 Å². The van der Waals surface area contributed by atoms with Crippen LogP contribution >= 0.6 is 0 Å². The Morgan fingerprint density at radius 1 is 0.844 bits per heavy atom. The maximum absolute atomic E-state index is 13.0. The summed E-state index contributed by atoms with van der Waals surface area (Å²) in [6.45, 7) is 0.838. The van der Waals surface area contributed by atoms with E-state index in [4.69, 9.17) is 9.47 Å². The molecule has 5 rings (SSSR count). The number of rotatable bonds is 4. The van der Waals surface area contributed by atoms with Crippen molar-refractivity contribution in [1.82, 2.24) is 4.31 Å². The molecule has 3 aromatic carbocycles. The number of sulfonamides is 1. The Balaban J connectivity index is 1.29. The van der Waals surface area contributed by atoms with Crippen LogP contribution in [0, 0.1) is 0 Å². The molecule has 0 spiro atoms. The lowest BCUT2D eigenvalue weighted by Gasteiger charge is -2.28. The molecule has 0 saturated carbocycles. The van der Waals surface area contributed by atoms with Crippen LogP contribution in [0.15, 0.2) is 71.6 Å². The number of urea groups is 1. The lowest BCUT2D eigenvalue weighted by Crippen LogP contribution is -2.36. The molecule has 32 heavy (non-hydrogen) atoms. The number of fused-ring (bicyclic) bond motifs is 2. The van der Waals surface area contributed by atoms with E-state index in [2.05, 4.69) is 10.6 Å². The summed E-state index contributed by atoms with van der Waals surface area (Å²) >= 11 is 0. The molecule has 0 saturated heterocycles. The summed E-state index contributed by atoms with van der Waals surface area (Å²) in [5, 5.41) is 5.57. The molecule has 164 valence electrons. The Bertz CT molecular complexity index is 1280. The molecule has 2 aliphatic heterocycles. The molecule has 0 fully saturated rings. The van der Waals surface area contributed by atoms with Gasteiger partial charge in [0.1, 0.15) is 0 Å². The van der Waals surface area contributed by atoms with E-state index in [1.54, 1.807) is 48.5 Å². The number of anilines is 2. The number of benzene rings is 3. The first-order chi connectivity index (χ1) is 15.5. The van der Waals surface area contributed by atoms with Crippen LogP contribution in [-0.2, 0) is 23.0 Å². The van der Waals surface area contributed by atoms with Gasteiger partial charge in [0, 0.05) is 30.5 Å². The number of amides is 2. The standard InChI is InChI=1S/C23H21N3O5S/c27-23(25-19-8-9-21-22(13-19)31-15-30-21)24-18-7-6-16-10-11-26(14-17(16)12-18)32(28,29)20-4-2-1-3-5-20/h1-9,12-13H,10-11,14-15H2,(H2,24,25,27). The van der Waals surface area contributed by atoms with Gasteiger partial charge in [0.05, 0.1) is 4.90 Å². The fraction of sp³-hybridized carbons (Fsp3) is 0.174. The second kappa shape index (κ2) is 8.18. The van der Waals surface area contributed by atoms with Crippen molar-refractivity contribution in [1.29, 1.82) is 0 Å². The molecule has 8 nitrogen and oxygen atoms in total. The molecular formula is C23H21N3O5S. The Morgan fingerprint density at radius 2 is 1.56 bits per heavy atom. The molecule has 9 heteroatoms. The van der Waals surface area contributed by atoms with Crippen LogP contribution in [0.5, 0.6) is 11.5 Å². The minimum atomic E-state index is -3.57. The highest BCUT2D eigenvalue weighted by molar-refractivity contribution is 7.89. The van der Waals surface area contributed by atoms with E-state index in [-0.39, 0.29) is 18.2 Å². The Morgan fingerprint density at radius 3 is 2.38 bits per heavy atom. The maximum Gasteiger partial charge on any atom is 0.323 e. The number of ether oxygens (including phenoxy) is 2. The molecule has 0 bridgehead atoms. The number of nitrogens with zero attached hydrogens (tertiary/aromatic N) is 1. The van der Waals surface area contributed by atoms with Gasteiger partial charge in [0.25, 0.3) is 0 Å². The van der Waals surface area contributed by atoms with Crippen LogP contribution in [0.2, 0.25) is 0 Å². The van der Waals surface area contributed by atoms with Crippen LogP contribution in [-0.4, -0.2) is 32.1 Å². The summed E-state index contributed by atoms with van der Waals surface area (Å²) < 4.78 is 38.0. The predicted octanol–water partition coefficient (Wildman–Crippen LogP) is 3.81. The van der Waals surface area contributed by atoms with E-state index in [0.29, 0.717) is 35.8 Å². The van der Waals surface area contributed by atoms with Crippen molar-refractivity contribution in [2.45, 2.75) is 17.9 Å². The van der Waals surface area contributed by atoms with E-state index in [9.17, 15) is 13.2 Å². The van der Waals surface area contributed by atoms with E-state index < -0.39 is 16.1 Å². The van der Waals surface area contributed by atoms with E-state index in [1.807, 2.05) is 18.2 Å². The van der Waals surface area contributed by atoms with Gasteiger partial charge in [0.2, 0.25) is 16.8 Å². The second-order valence-electron chi connectivity index (χ2n) is 7.53. The zero-order valence-corrected chi connectivity index (χ0v) is 17.9. The van der Waals surface area contributed by atoms with Gasteiger partial charge in [-0.3, -0.25) is 0 Å². The largest absolute Gasteiger partial charge is 0.454 e. The van der Waals surface area contributed by atoms with Gasteiger partial charge in [-0.2, -0.15) is 4.31 Å². The summed E-state index contributed by atoms with van der Waals surface area (Å²) in [5.74, 6) is 1.22. The summed E-state index contributed by atoms with van der Waals surface area (Å²) in [6.07, 6.45) is 0.616. The van der Waals surface area contributed by atoms with Gasteiger partial charge < -0.3 is 20.1 Å². The maximum atomic E-state index is 13.0. The van der Waals surface area contributed by atoms with Gasteiger partial charge in [0.15, 0.2) is 11.5 Å². The molecule has 2 aliphatic rings. The number of hydrogen-bond donors (Lipinski definition) is 2. The van der Waals surface area contributed by atoms with Gasteiger partial charge in [-0.15, -0.1) is 0 Å². The van der Waals surface area contributed by atoms with Crippen LogP contribution in [0.1, 0.15) is 11.1 Å². The first-order valence-corrected chi connectivity index (χ1v) is 11.6. The summed E-state index contributed by atoms with van der Waals surface area (Å²) in [5.41, 5.74) is 3.11. The van der Waals surface area contributed by atoms with Crippen molar-refractivity contribution < 1.29 is 22.7 Å². The van der Waals surface area contributed by atoms with Crippen LogP contribution in [0.25, 0.3) is 0 Å². The van der Waals surface area contributed by atoms with E-state index in [1.165, 1.54) is 4.31 Å². The third-order valence-corrected chi connectivity index (χ3v) is 7.31. The average Bonchev–Trinajstić information content (AvgIpc) is 3.27. The van der Waals surface area contributed by atoms with Gasteiger partial charge in [-0.05, 0) is 53.9 Å². The predicted molar refractivity (Wildman–Crippen MR) is 119 cm³/mol. The fourth-order valence-electron chi connectivity index (χ4n) is 3.82. The van der Waals surface area contributed by atoms with Gasteiger partial charge in [-0.1, -0.05) is 24.3 Å². The molecule has 2 heterocycles. The molecule has 3 aromatic rings. The second-order valence-corrected chi connectivity index (χ2v) is 9.47. The summed E-state index contributed by atoms with van der Waals surface area (Å²) in [4.78, 5) is 12.7. The normalized spacial score (nSPS) is 15.1. The molecule has 0 aromatic heterocycles. The highest BCUT2D eigenvalue weighted by Crippen LogP contribution is 2.34. The third kappa shape index (κ3) is 4.00. The highest BCUT2D eigenvalue weighted by atomic mass is 32.2. The molecule has 0 unspecified atom stereocenters. The minimum absolute atomic E-state index is 0.164. The van der Waals surface area contributed by atoms with Crippen LogP contribution in [0.3, 0.4) is 0 Å². The zero-order chi connectivity index (χ0) is 22.1. The van der Waals surface area contributed by atoms with Crippen molar-refractivity contribution in [2.75, 3.05) is 24.0 Å². The highest BCUT2D eigenvalue weighted by Gasteiger charge is 2.28. The third-order valence-electron chi connectivity index (χ3n) is 5.45. The van der Waals surface area contributed by atoms with Crippen molar-refractivity contribution >= 4 is 27.4 Å². The zero-order valence-electron chi connectivity index (χ0n) is 17.1. The Hall–Kier alpha value is -3.56. The molecule has 0 radical (unpaired) electrons. The number of carbonyl (C=O) groups is 1. The molecule has 2 amide bonds. The Labute approximate surface area is 185 Å². The number of hydrogen-bond acceptors (Lipinski definition) is 5. The molecule has 2 N–H and O–H groups in total. The summed E-state index contributed by atoms with van der Waals surface area (Å²) in [7, 11) is -3.57. The van der Waals surface area contributed by atoms with Gasteiger partial charge in [-0.25, -0.2) is 13.2 Å². The first kappa shape index (κ1) is 20.3. The quantitative estimate of drug-likeness (QED) is 0.629. The average molecular weight is 452 g/mol. The summed E-state index contributed by atoms with van der Waals surface area (Å²) in [6, 6.07) is 18.7.